The van der Waals surface area contributed by atoms with Gasteiger partial charge in [-0.2, -0.15) is 0 Å². The molecule has 0 saturated heterocycles. The lowest BCUT2D eigenvalue weighted by atomic mass is 10.2. The lowest BCUT2D eigenvalue weighted by molar-refractivity contribution is -0.116. The number of carbonyl (C=O) groups is 1. The van der Waals surface area contributed by atoms with Gasteiger partial charge in [0, 0.05) is 18.2 Å². The van der Waals surface area contributed by atoms with E-state index in [-0.39, 0.29) is 5.91 Å². The van der Waals surface area contributed by atoms with Gasteiger partial charge in [-0.05, 0) is 30.7 Å². The van der Waals surface area contributed by atoms with Crippen LogP contribution < -0.4 is 19.5 Å². The minimum Gasteiger partial charge on any atom is -0.497 e. The Labute approximate surface area is 136 Å². The molecule has 23 heavy (non-hydrogen) atoms. The van der Waals surface area contributed by atoms with Gasteiger partial charge in [0.15, 0.2) is 11.5 Å². The molecule has 0 unspecified atom stereocenters. The predicted molar refractivity (Wildman–Crippen MR) is 89.3 cm³/mol. The number of ether oxygens (including phenoxy) is 3. The molecule has 0 saturated carbocycles. The lowest BCUT2D eigenvalue weighted by Crippen LogP contribution is -2.12. The fraction of sp³-hybridized carbons (Fsp3) is 0.278. The molecule has 0 heterocycles. The first-order valence-electron chi connectivity index (χ1n) is 7.42. The average molecular weight is 315 g/mol. The van der Waals surface area contributed by atoms with E-state index >= 15 is 0 Å². The zero-order valence-corrected chi connectivity index (χ0v) is 13.4. The quantitative estimate of drug-likeness (QED) is 0.758. The molecule has 0 aliphatic rings. The van der Waals surface area contributed by atoms with Crippen LogP contribution in [0.1, 0.15) is 12.8 Å². The second-order valence-corrected chi connectivity index (χ2v) is 4.88. The Kier molecular flexibility index (Phi) is 6.29. The molecule has 0 aliphatic carbocycles. The summed E-state index contributed by atoms with van der Waals surface area (Å²) in [6, 6.07) is 14.7. The molecule has 2 rings (SSSR count). The van der Waals surface area contributed by atoms with Crippen molar-refractivity contribution in [3.05, 3.63) is 48.5 Å². The summed E-state index contributed by atoms with van der Waals surface area (Å²) in [7, 11) is 3.19. The van der Waals surface area contributed by atoms with Gasteiger partial charge in [-0.25, -0.2) is 0 Å². The van der Waals surface area contributed by atoms with E-state index in [0.717, 1.165) is 5.69 Å². The van der Waals surface area contributed by atoms with E-state index in [4.69, 9.17) is 14.2 Å². The van der Waals surface area contributed by atoms with Gasteiger partial charge in [-0.15, -0.1) is 0 Å². The molecule has 0 fully saturated rings. The number of anilines is 1. The Morgan fingerprint density at radius 2 is 1.78 bits per heavy atom. The molecule has 1 N–H and O–H groups in total. The summed E-state index contributed by atoms with van der Waals surface area (Å²) in [6.07, 6.45) is 1.00. The third kappa shape index (κ3) is 5.21. The van der Waals surface area contributed by atoms with Crippen LogP contribution in [0.25, 0.3) is 0 Å². The van der Waals surface area contributed by atoms with Crippen molar-refractivity contribution in [2.24, 2.45) is 0 Å². The van der Waals surface area contributed by atoms with Crippen LogP contribution in [0.4, 0.5) is 5.69 Å². The van der Waals surface area contributed by atoms with E-state index < -0.39 is 0 Å². The molecule has 0 aromatic heterocycles. The van der Waals surface area contributed by atoms with Crippen LogP contribution in [0.2, 0.25) is 0 Å². The lowest BCUT2D eigenvalue weighted by Gasteiger charge is -2.10. The number of rotatable bonds is 8. The van der Waals surface area contributed by atoms with Crippen molar-refractivity contribution in [2.75, 3.05) is 26.1 Å². The monoisotopic (exact) mass is 315 g/mol. The molecule has 0 spiro atoms. The van der Waals surface area contributed by atoms with Crippen LogP contribution >= 0.6 is 0 Å². The Balaban J connectivity index is 1.74. The highest BCUT2D eigenvalue weighted by Crippen LogP contribution is 2.25. The van der Waals surface area contributed by atoms with Gasteiger partial charge in [0.25, 0.3) is 0 Å². The smallest absolute Gasteiger partial charge is 0.224 e. The second kappa shape index (κ2) is 8.68. The summed E-state index contributed by atoms with van der Waals surface area (Å²) in [5.41, 5.74) is 0.722. The van der Waals surface area contributed by atoms with Crippen molar-refractivity contribution in [1.29, 1.82) is 0 Å². The van der Waals surface area contributed by atoms with Crippen molar-refractivity contribution in [3.63, 3.8) is 0 Å². The van der Waals surface area contributed by atoms with Crippen molar-refractivity contribution in [1.82, 2.24) is 0 Å². The number of nitrogens with one attached hydrogen (secondary N) is 1. The topological polar surface area (TPSA) is 56.8 Å². The van der Waals surface area contributed by atoms with E-state index in [9.17, 15) is 4.79 Å². The summed E-state index contributed by atoms with van der Waals surface area (Å²) in [5.74, 6) is 2.03. The molecule has 0 aliphatic heterocycles. The van der Waals surface area contributed by atoms with E-state index in [2.05, 4.69) is 5.32 Å². The third-order valence-corrected chi connectivity index (χ3v) is 3.23. The van der Waals surface area contributed by atoms with Gasteiger partial charge in [0.05, 0.1) is 20.8 Å². The Morgan fingerprint density at radius 1 is 1.00 bits per heavy atom. The van der Waals surface area contributed by atoms with Crippen molar-refractivity contribution in [3.8, 4) is 17.2 Å². The highest BCUT2D eigenvalue weighted by atomic mass is 16.5. The number of methoxy groups -OCH3 is 2. The molecule has 122 valence electrons. The summed E-state index contributed by atoms with van der Waals surface area (Å²) in [5, 5.41) is 2.84. The number of hydrogen-bond acceptors (Lipinski definition) is 4. The average Bonchev–Trinajstić information content (AvgIpc) is 2.59. The largest absolute Gasteiger partial charge is 0.497 e. The van der Waals surface area contributed by atoms with Gasteiger partial charge in [0.1, 0.15) is 5.75 Å². The Bertz CT molecular complexity index is 642. The molecule has 5 heteroatoms. The van der Waals surface area contributed by atoms with Crippen LogP contribution in [0.3, 0.4) is 0 Å². The predicted octanol–water partition coefficient (Wildman–Crippen LogP) is 3.50. The third-order valence-electron chi connectivity index (χ3n) is 3.23. The maximum Gasteiger partial charge on any atom is 0.224 e. The number of hydrogen-bond donors (Lipinski definition) is 1. The molecule has 0 atom stereocenters. The summed E-state index contributed by atoms with van der Waals surface area (Å²) in [6.45, 7) is 0.450. The number of carbonyl (C=O) groups excluding carboxylic acids is 1. The van der Waals surface area contributed by atoms with Gasteiger partial charge in [0.2, 0.25) is 5.91 Å². The first-order valence-corrected chi connectivity index (χ1v) is 7.42. The maximum atomic E-state index is 11.9. The highest BCUT2D eigenvalue weighted by molar-refractivity contribution is 5.90. The molecule has 2 aromatic rings. The number of benzene rings is 2. The SMILES string of the molecule is COc1cccc(NC(=O)CCCOc2ccccc2OC)c1. The first kappa shape index (κ1) is 16.7. The van der Waals surface area contributed by atoms with Crippen LogP contribution in [0.5, 0.6) is 17.2 Å². The molecule has 5 nitrogen and oxygen atoms in total. The fourth-order valence-corrected chi connectivity index (χ4v) is 2.08. The van der Waals surface area contributed by atoms with Crippen molar-refractivity contribution >= 4 is 11.6 Å². The highest BCUT2D eigenvalue weighted by Gasteiger charge is 2.05. The zero-order valence-electron chi connectivity index (χ0n) is 13.4. The molecule has 2 aromatic carbocycles. The van der Waals surface area contributed by atoms with Crippen LogP contribution in [0.15, 0.2) is 48.5 Å². The number of amides is 1. The van der Waals surface area contributed by atoms with Gasteiger partial charge in [-0.3, -0.25) is 4.79 Å². The Hall–Kier alpha value is -2.69. The van der Waals surface area contributed by atoms with Crippen LogP contribution in [0, 0.1) is 0 Å². The van der Waals surface area contributed by atoms with E-state index in [1.807, 2.05) is 42.5 Å². The summed E-state index contributed by atoms with van der Waals surface area (Å²) in [4.78, 5) is 11.9. The molecular formula is C18H21NO4. The van der Waals surface area contributed by atoms with Crippen molar-refractivity contribution in [2.45, 2.75) is 12.8 Å². The summed E-state index contributed by atoms with van der Waals surface area (Å²) < 4.78 is 16.0. The summed E-state index contributed by atoms with van der Waals surface area (Å²) >= 11 is 0. The van der Waals surface area contributed by atoms with Crippen LogP contribution in [-0.4, -0.2) is 26.7 Å². The zero-order chi connectivity index (χ0) is 16.5. The molecule has 0 radical (unpaired) electrons. The van der Waals surface area contributed by atoms with Gasteiger partial charge < -0.3 is 19.5 Å². The Morgan fingerprint density at radius 3 is 2.52 bits per heavy atom. The fourth-order valence-electron chi connectivity index (χ4n) is 2.08. The van der Waals surface area contributed by atoms with Gasteiger partial charge >= 0.3 is 0 Å². The van der Waals surface area contributed by atoms with E-state index in [1.165, 1.54) is 0 Å². The van der Waals surface area contributed by atoms with Crippen LogP contribution in [-0.2, 0) is 4.79 Å². The molecule has 1 amide bonds. The van der Waals surface area contributed by atoms with Crippen molar-refractivity contribution < 1.29 is 19.0 Å². The minimum atomic E-state index is -0.0538. The standard InChI is InChI=1S/C18H21NO4/c1-21-15-8-5-7-14(13-15)19-18(20)11-6-12-23-17-10-4-3-9-16(17)22-2/h3-5,7-10,13H,6,11-12H2,1-2H3,(H,19,20). The molecular weight excluding hydrogens is 294 g/mol. The minimum absolute atomic E-state index is 0.0538. The van der Waals surface area contributed by atoms with Gasteiger partial charge in [-0.1, -0.05) is 18.2 Å². The first-order chi connectivity index (χ1) is 11.2. The second-order valence-electron chi connectivity index (χ2n) is 4.88. The molecule has 0 bridgehead atoms. The normalized spacial score (nSPS) is 10.0. The number of para-hydroxylation sites is 2. The van der Waals surface area contributed by atoms with E-state index in [0.29, 0.717) is 36.7 Å². The maximum absolute atomic E-state index is 11.9. The van der Waals surface area contributed by atoms with E-state index in [1.54, 1.807) is 20.3 Å².